The average molecular weight is 1350 g/mol. The summed E-state index contributed by atoms with van der Waals surface area (Å²) in [4.78, 5) is 5.30. The van der Waals surface area contributed by atoms with Gasteiger partial charge in [-0.3, -0.25) is 0 Å². The van der Waals surface area contributed by atoms with Gasteiger partial charge in [0.05, 0.1) is 11.4 Å². The van der Waals surface area contributed by atoms with Crippen LogP contribution < -0.4 is 9.80 Å². The molecule has 0 atom stereocenters. The van der Waals surface area contributed by atoms with Crippen molar-refractivity contribution >= 4 is 34.1 Å². The first-order valence-electron chi connectivity index (χ1n) is 42.1. The van der Waals surface area contributed by atoms with Gasteiger partial charge in [-0.1, -0.05) is 303 Å². The third-order valence-corrected chi connectivity index (χ3v) is 26.5. The predicted octanol–water partition coefficient (Wildman–Crippen LogP) is 31.0. The van der Waals surface area contributed by atoms with Crippen LogP contribution in [0.4, 0.5) is 34.1 Å². The Bertz CT molecular complexity index is 3940. The van der Waals surface area contributed by atoms with E-state index < -0.39 is 0 Å². The average Bonchev–Trinajstić information content (AvgIpc) is 1.52. The fourth-order valence-electron chi connectivity index (χ4n) is 21.1. The molecule has 2 saturated carbocycles. The molecule has 102 heavy (non-hydrogen) atoms. The molecule has 0 spiro atoms. The molecular weight excluding hydrogens is 1230 g/mol. The number of fused-ring (bicyclic) bond motifs is 10. The van der Waals surface area contributed by atoms with Crippen LogP contribution in [0.1, 0.15) is 327 Å². The molecule has 2 nitrogen and oxygen atoms in total. The number of rotatable bonds is 36. The molecule has 8 aliphatic rings. The Kier molecular flexibility index (Phi) is 22.5. The highest BCUT2D eigenvalue weighted by molar-refractivity contribution is 5.95. The van der Waals surface area contributed by atoms with Crippen molar-refractivity contribution in [1.29, 1.82) is 0 Å². The van der Waals surface area contributed by atoms with Crippen LogP contribution in [0.3, 0.4) is 0 Å². The molecule has 9 aromatic rings. The molecule has 0 radical (unpaired) electrons. The van der Waals surface area contributed by atoms with Gasteiger partial charge in [0.2, 0.25) is 0 Å². The van der Waals surface area contributed by atoms with E-state index in [4.69, 9.17) is 0 Å². The van der Waals surface area contributed by atoms with E-state index in [1.165, 1.54) is 310 Å². The molecule has 9 aromatic carbocycles. The Labute approximate surface area is 616 Å². The maximum Gasteiger partial charge on any atom is 0.0540 e. The third kappa shape index (κ3) is 14.1. The molecule has 0 aromatic heterocycles. The second kappa shape index (κ2) is 32.7. The molecule has 4 bridgehead atoms. The lowest BCUT2D eigenvalue weighted by Crippen LogP contribution is -2.27. The van der Waals surface area contributed by atoms with Gasteiger partial charge in [-0.2, -0.15) is 0 Å². The summed E-state index contributed by atoms with van der Waals surface area (Å²) in [5, 5.41) is 0. The molecule has 0 unspecified atom stereocenters. The van der Waals surface area contributed by atoms with E-state index in [0.29, 0.717) is 11.8 Å². The van der Waals surface area contributed by atoms with Crippen molar-refractivity contribution in [2.24, 2.45) is 0 Å². The Hall–Kier alpha value is -7.42. The van der Waals surface area contributed by atoms with Gasteiger partial charge in [0.15, 0.2) is 0 Å². The van der Waals surface area contributed by atoms with Crippen molar-refractivity contribution in [3.63, 3.8) is 0 Å². The van der Waals surface area contributed by atoms with Crippen molar-refractivity contribution in [3.05, 3.63) is 239 Å². The second-order valence-electron chi connectivity index (χ2n) is 32.8. The Morgan fingerprint density at radius 3 is 0.902 bits per heavy atom. The zero-order valence-corrected chi connectivity index (χ0v) is 63.1. The molecule has 0 aliphatic heterocycles. The van der Waals surface area contributed by atoms with E-state index in [9.17, 15) is 0 Å². The number of para-hydroxylation sites is 4. The summed E-state index contributed by atoms with van der Waals surface area (Å²) in [5.41, 5.74) is 31.6. The summed E-state index contributed by atoms with van der Waals surface area (Å²) >= 11 is 0. The smallest absolute Gasteiger partial charge is 0.0540 e. The Morgan fingerprint density at radius 1 is 0.245 bits per heavy atom. The minimum atomic E-state index is -0.140. The summed E-state index contributed by atoms with van der Waals surface area (Å²) in [6.07, 6.45) is 46.7. The zero-order valence-electron chi connectivity index (χ0n) is 63.1. The molecule has 0 heterocycles. The summed E-state index contributed by atoms with van der Waals surface area (Å²) in [6, 6.07) is 78.6. The van der Waals surface area contributed by atoms with Gasteiger partial charge in [0.1, 0.15) is 0 Å². The summed E-state index contributed by atoms with van der Waals surface area (Å²) in [7, 11) is 0. The number of nitrogens with zero attached hydrogens (tertiary/aromatic N) is 2. The predicted molar refractivity (Wildman–Crippen MR) is 439 cm³/mol. The zero-order chi connectivity index (χ0) is 69.2. The van der Waals surface area contributed by atoms with E-state index in [1.54, 1.807) is 44.5 Å². The van der Waals surface area contributed by atoms with Gasteiger partial charge >= 0.3 is 0 Å². The van der Waals surface area contributed by atoms with Gasteiger partial charge in [0.25, 0.3) is 0 Å². The largest absolute Gasteiger partial charge is 0.310 e. The van der Waals surface area contributed by atoms with Crippen LogP contribution in [0.25, 0.3) is 44.5 Å². The van der Waals surface area contributed by atoms with Crippen LogP contribution >= 0.6 is 0 Å². The van der Waals surface area contributed by atoms with E-state index in [2.05, 4.69) is 232 Å². The van der Waals surface area contributed by atoms with E-state index in [-0.39, 0.29) is 10.8 Å². The lowest BCUT2D eigenvalue weighted by atomic mass is 9.66. The van der Waals surface area contributed by atoms with Crippen molar-refractivity contribution < 1.29 is 0 Å². The first-order chi connectivity index (χ1) is 50.4. The monoisotopic (exact) mass is 1350 g/mol. The van der Waals surface area contributed by atoms with Crippen LogP contribution in [0.2, 0.25) is 0 Å². The normalized spacial score (nSPS) is 18.2. The first kappa shape index (κ1) is 70.3. The number of benzene rings is 9. The quantitative estimate of drug-likeness (QED) is 0.0361. The third-order valence-electron chi connectivity index (χ3n) is 26.5. The Morgan fingerprint density at radius 2 is 0.549 bits per heavy atom. The van der Waals surface area contributed by atoms with Gasteiger partial charge in [-0.05, 0) is 251 Å². The molecular formula is C100H120N2. The van der Waals surface area contributed by atoms with Crippen LogP contribution in [-0.2, 0) is 10.8 Å². The van der Waals surface area contributed by atoms with E-state index >= 15 is 0 Å². The molecule has 0 saturated heterocycles. The van der Waals surface area contributed by atoms with Gasteiger partial charge in [-0.15, -0.1) is 0 Å². The van der Waals surface area contributed by atoms with Gasteiger partial charge in [-0.25, -0.2) is 0 Å². The minimum absolute atomic E-state index is 0.140. The van der Waals surface area contributed by atoms with Gasteiger partial charge < -0.3 is 9.80 Å². The van der Waals surface area contributed by atoms with Crippen LogP contribution in [0.5, 0.6) is 0 Å². The fourth-order valence-corrected chi connectivity index (χ4v) is 21.1. The first-order valence-corrected chi connectivity index (χ1v) is 42.1. The van der Waals surface area contributed by atoms with Crippen molar-refractivity contribution in [2.45, 2.75) is 293 Å². The number of hydrogen-bond donors (Lipinski definition) is 0. The minimum Gasteiger partial charge on any atom is -0.310 e. The highest BCUT2D eigenvalue weighted by atomic mass is 15.2. The summed E-state index contributed by atoms with van der Waals surface area (Å²) in [6.45, 7) is 9.49. The topological polar surface area (TPSA) is 6.48 Å². The highest BCUT2D eigenvalue weighted by Gasteiger charge is 2.49. The number of hydrogen-bond acceptors (Lipinski definition) is 2. The molecule has 0 N–H and O–H groups in total. The Balaban J connectivity index is 0.910. The van der Waals surface area contributed by atoms with Crippen molar-refractivity contribution in [3.8, 4) is 44.5 Å². The molecule has 2 heteroatoms. The SMILES string of the molecule is CCCCCCCCC1(CCCCCCCC)c2cc(N(c3ccccc3)c3ccccc3-c3ccc4c(c3)C3CCC4CC3)ccc2-c2cc3c(cc21)-c1ccc(N(c2ccccc2)c2ccccc2-c2ccc4c(c2)C2CCC4CC2)cc1C3(CCCCCCCC)CCCCCCCC. The van der Waals surface area contributed by atoms with Crippen LogP contribution in [0, 0.1) is 0 Å². The van der Waals surface area contributed by atoms with Crippen molar-refractivity contribution in [2.75, 3.05) is 9.80 Å². The lowest BCUT2D eigenvalue weighted by molar-refractivity contribution is 0.359. The number of unbranched alkanes of at least 4 members (excludes halogenated alkanes) is 20. The molecule has 17 rings (SSSR count). The van der Waals surface area contributed by atoms with Gasteiger partial charge in [0, 0.05) is 44.7 Å². The van der Waals surface area contributed by atoms with Crippen LogP contribution in [0.15, 0.2) is 194 Å². The summed E-state index contributed by atoms with van der Waals surface area (Å²) in [5.74, 6) is 2.83. The summed E-state index contributed by atoms with van der Waals surface area (Å²) < 4.78 is 0. The fraction of sp³-hybridized carbons (Fsp3) is 0.460. The second-order valence-corrected chi connectivity index (χ2v) is 32.8. The molecule has 530 valence electrons. The maximum absolute atomic E-state index is 2.89. The standard InChI is InChI=1S/C100H120N2/c1-5-9-13-17-21-35-63-99(64-36-22-18-14-10-6-2)93-69-81(101(79-39-27-25-28-40-79)97-45-33-31-43-85(97)77-55-59-83-73-47-51-75(52-48-73)89(83)67-77)57-61-87(93)91-72-96-92(71-95(91)99)88-62-58-82(70-94(88)100(96,65-37-23-19-15-11-7-3)66-38-24-20-16-12-8-4)102(80-41-29-26-30-42-80)98-46-34-32-44-86(98)78-56-60-84-74-49-53-76(54-50-74)90(84)68-78/h25-34,39-46,55-62,67-76H,5-24,35-38,47-54,63-66H2,1-4H3. The molecule has 2 fully saturated rings. The highest BCUT2D eigenvalue weighted by Crippen LogP contribution is 2.63. The molecule has 8 aliphatic carbocycles. The maximum atomic E-state index is 2.89. The van der Waals surface area contributed by atoms with E-state index in [1.807, 2.05) is 0 Å². The number of anilines is 6. The van der Waals surface area contributed by atoms with Crippen LogP contribution in [-0.4, -0.2) is 0 Å². The van der Waals surface area contributed by atoms with Crippen molar-refractivity contribution in [1.82, 2.24) is 0 Å². The lowest BCUT2D eigenvalue weighted by Gasteiger charge is -2.38. The molecule has 0 amide bonds. The van der Waals surface area contributed by atoms with E-state index in [0.717, 1.165) is 11.8 Å².